The van der Waals surface area contributed by atoms with E-state index in [4.69, 9.17) is 10.5 Å². The topological polar surface area (TPSA) is 179 Å². The summed E-state index contributed by atoms with van der Waals surface area (Å²) in [4.78, 5) is 54.1. The van der Waals surface area contributed by atoms with E-state index >= 15 is 0 Å². The summed E-state index contributed by atoms with van der Waals surface area (Å²) >= 11 is 0. The van der Waals surface area contributed by atoms with Crippen LogP contribution in [0.1, 0.15) is 36.0 Å². The summed E-state index contributed by atoms with van der Waals surface area (Å²) in [5, 5.41) is 37.0. The Morgan fingerprint density at radius 3 is 2.44 bits per heavy atom. The maximum absolute atomic E-state index is 14.1. The number of allylic oxidation sites excluding steroid dienone is 1. The third kappa shape index (κ3) is 4.98. The van der Waals surface area contributed by atoms with Crippen LogP contribution in [0.5, 0.6) is 5.75 Å². The Morgan fingerprint density at radius 1 is 1.11 bits per heavy atom. The number of hydrogen-bond acceptors (Lipinski definition) is 9. The van der Waals surface area contributed by atoms with Gasteiger partial charge in [-0.2, -0.15) is 0 Å². The second-order valence-corrected chi connectivity index (χ2v) is 12.3. The summed E-state index contributed by atoms with van der Waals surface area (Å²) in [7, 11) is 3.30. The highest BCUT2D eigenvalue weighted by Gasteiger charge is 2.56. The zero-order chi connectivity index (χ0) is 32.3. The lowest BCUT2D eigenvalue weighted by atomic mass is 9.59. The zero-order valence-corrected chi connectivity index (χ0v) is 24.8. The summed E-state index contributed by atoms with van der Waals surface area (Å²) in [6.07, 6.45) is 1.09. The Labute approximate surface area is 258 Å². The number of phenols is 1. The number of benzene rings is 2. The van der Waals surface area contributed by atoms with Gasteiger partial charge in [-0.05, 0) is 86.5 Å². The number of Topliss-reactive ketones (excluding diaryl/α,β-unsaturated/α-hetero) is 2. The molecule has 4 unspecified atom stereocenters. The summed E-state index contributed by atoms with van der Waals surface area (Å²) in [5.74, 6) is -7.61. The average molecular weight is 620 g/mol. The molecule has 2 fully saturated rings. The van der Waals surface area contributed by atoms with Gasteiger partial charge >= 0.3 is 0 Å². The van der Waals surface area contributed by atoms with Crippen molar-refractivity contribution in [3.63, 3.8) is 0 Å². The van der Waals surface area contributed by atoms with Gasteiger partial charge in [-0.1, -0.05) is 12.1 Å². The van der Waals surface area contributed by atoms with E-state index in [2.05, 4.69) is 5.32 Å². The van der Waals surface area contributed by atoms with Crippen molar-refractivity contribution in [3.05, 3.63) is 69.7 Å². The van der Waals surface area contributed by atoms with Crippen LogP contribution in [-0.2, 0) is 36.9 Å². The number of primary amides is 1. The molecule has 4 aliphatic rings. The summed E-state index contributed by atoms with van der Waals surface area (Å²) in [5.41, 5.74) is 6.64. The molecule has 1 saturated heterocycles. The molecule has 11 nitrogen and oxygen atoms in total. The van der Waals surface area contributed by atoms with Gasteiger partial charge in [0.05, 0.1) is 17.5 Å². The minimum Gasteiger partial charge on any atom is -0.510 e. The monoisotopic (exact) mass is 619 g/mol. The Morgan fingerprint density at radius 2 is 1.82 bits per heavy atom. The zero-order valence-electron chi connectivity index (χ0n) is 24.8. The molecule has 6 N–H and O–H groups in total. The molecule has 1 aliphatic heterocycles. The molecule has 1 saturated carbocycles. The number of amides is 2. The van der Waals surface area contributed by atoms with Gasteiger partial charge in [-0.3, -0.25) is 24.1 Å². The van der Waals surface area contributed by atoms with Crippen molar-refractivity contribution in [2.75, 3.05) is 20.7 Å². The molecule has 0 spiro atoms. The van der Waals surface area contributed by atoms with E-state index in [1.807, 2.05) is 0 Å². The number of ether oxygens (including phenoxy) is 1. The summed E-state index contributed by atoms with van der Waals surface area (Å²) in [6.45, 7) is 0.356. The number of rotatable bonds is 6. The third-order valence-electron chi connectivity index (χ3n) is 9.47. The molecule has 2 aromatic rings. The number of fused-ring (bicyclic) bond motifs is 3. The molecule has 2 amide bonds. The fourth-order valence-corrected chi connectivity index (χ4v) is 7.49. The molecule has 0 radical (unpaired) electrons. The van der Waals surface area contributed by atoms with Crippen molar-refractivity contribution >= 4 is 29.1 Å². The smallest absolute Gasteiger partial charge is 0.255 e. The molecule has 0 aromatic heterocycles. The highest BCUT2D eigenvalue weighted by Crippen LogP contribution is 2.52. The first-order valence-corrected chi connectivity index (χ1v) is 14.8. The van der Waals surface area contributed by atoms with E-state index in [-0.39, 0.29) is 47.7 Å². The number of nitrogens with one attached hydrogen (secondary N) is 1. The number of halogens is 1. The highest BCUT2D eigenvalue weighted by atomic mass is 19.1. The van der Waals surface area contributed by atoms with Gasteiger partial charge in [-0.25, -0.2) is 4.39 Å². The van der Waals surface area contributed by atoms with Crippen LogP contribution in [0.15, 0.2) is 47.2 Å². The minimum absolute atomic E-state index is 0.0165. The number of nitrogens with two attached hydrogens (primary N) is 1. The molecule has 236 valence electrons. The molecular formula is C33H34FN3O8. The lowest BCUT2D eigenvalue weighted by Gasteiger charge is -2.46. The van der Waals surface area contributed by atoms with E-state index < -0.39 is 70.3 Å². The van der Waals surface area contributed by atoms with Gasteiger partial charge in [0, 0.05) is 24.3 Å². The van der Waals surface area contributed by atoms with Crippen molar-refractivity contribution in [2.24, 2.45) is 23.5 Å². The Kier molecular flexibility index (Phi) is 7.74. The lowest BCUT2D eigenvalue weighted by molar-refractivity contribution is -0.137. The number of nitrogens with zero attached hydrogens (tertiary/aromatic N) is 1. The van der Waals surface area contributed by atoms with Crippen molar-refractivity contribution < 1.29 is 43.6 Å². The number of aliphatic hydroxyl groups is 2. The van der Waals surface area contributed by atoms with E-state index in [0.29, 0.717) is 29.7 Å². The van der Waals surface area contributed by atoms with Gasteiger partial charge in [-0.15, -0.1) is 0 Å². The van der Waals surface area contributed by atoms with Crippen LogP contribution in [0.3, 0.4) is 0 Å². The van der Waals surface area contributed by atoms with Crippen molar-refractivity contribution in [3.8, 4) is 16.9 Å². The standard InChI is InChI=1S/C33H34FN3O8/c1-37(2)26-20-11-15-10-19-18(14-5-7-17(34)8-6-14)12-16(13-36-33(44)21-4-3-9-45-21)27(38)23(19)28(39)22(15)29(40)24(20)30(41)25(31(26)42)32(35)43/h5-8,12,15,20-21,24,26,38-39,42H,3-4,9-11,13H2,1-2H3,(H2,35,43)(H,36,44)/t15?,20?,21?,24?,26-/m0/s1. The van der Waals surface area contributed by atoms with Crippen molar-refractivity contribution in [2.45, 2.75) is 44.4 Å². The normalized spacial score (nSPS) is 26.1. The van der Waals surface area contributed by atoms with Crippen LogP contribution in [0.25, 0.3) is 16.9 Å². The fraction of sp³-hybridized carbons (Fsp3) is 0.394. The van der Waals surface area contributed by atoms with Crippen LogP contribution in [0, 0.1) is 23.6 Å². The minimum atomic E-state index is -1.38. The first kappa shape index (κ1) is 30.5. The number of ketones is 2. The molecule has 1 heterocycles. The van der Waals surface area contributed by atoms with Crippen LogP contribution < -0.4 is 11.1 Å². The summed E-state index contributed by atoms with van der Waals surface area (Å²) < 4.78 is 19.3. The maximum Gasteiger partial charge on any atom is 0.255 e. The summed E-state index contributed by atoms with van der Waals surface area (Å²) in [6, 6.07) is 6.50. The number of aromatic hydroxyl groups is 1. The van der Waals surface area contributed by atoms with Gasteiger partial charge in [0.1, 0.15) is 34.8 Å². The van der Waals surface area contributed by atoms with Gasteiger partial charge in [0.15, 0.2) is 11.6 Å². The van der Waals surface area contributed by atoms with Crippen molar-refractivity contribution in [1.82, 2.24) is 10.2 Å². The first-order chi connectivity index (χ1) is 21.4. The van der Waals surface area contributed by atoms with E-state index in [0.717, 1.165) is 6.42 Å². The van der Waals surface area contributed by atoms with E-state index in [1.54, 1.807) is 37.2 Å². The SMILES string of the molecule is CN(C)[C@@H]1C(O)=C(C(N)=O)C(=O)C2C(=O)C3=C(O)c4c(O)c(CNC(=O)C5CCCO5)cc(-c5ccc(F)cc5)c4CC3CC21. The van der Waals surface area contributed by atoms with Crippen LogP contribution in [0.4, 0.5) is 4.39 Å². The molecule has 6 rings (SSSR count). The molecule has 45 heavy (non-hydrogen) atoms. The molecule has 12 heteroatoms. The molecule has 2 aromatic carbocycles. The third-order valence-corrected chi connectivity index (χ3v) is 9.47. The Bertz CT molecular complexity index is 1690. The number of likely N-dealkylation sites (N-methyl/N-ethyl adjacent to an activating group) is 1. The molecule has 0 bridgehead atoms. The van der Waals surface area contributed by atoms with E-state index in [9.17, 15) is 38.9 Å². The number of carbonyl (C=O) groups is 4. The fourth-order valence-electron chi connectivity index (χ4n) is 7.49. The van der Waals surface area contributed by atoms with Crippen LogP contribution in [0.2, 0.25) is 0 Å². The van der Waals surface area contributed by atoms with Crippen molar-refractivity contribution in [1.29, 1.82) is 0 Å². The number of aliphatic hydroxyl groups excluding tert-OH is 2. The maximum atomic E-state index is 14.1. The lowest BCUT2D eigenvalue weighted by Crippen LogP contribution is -2.55. The average Bonchev–Trinajstić information content (AvgIpc) is 3.52. The molecule has 5 atom stereocenters. The molecule has 3 aliphatic carbocycles. The van der Waals surface area contributed by atoms with Gasteiger partial charge < -0.3 is 31.1 Å². The number of carbonyl (C=O) groups excluding carboxylic acids is 4. The second kappa shape index (κ2) is 11.4. The van der Waals surface area contributed by atoms with Gasteiger partial charge in [0.2, 0.25) is 5.91 Å². The predicted molar refractivity (Wildman–Crippen MR) is 159 cm³/mol. The Hall–Kier alpha value is -4.55. The van der Waals surface area contributed by atoms with Crippen LogP contribution >= 0.6 is 0 Å². The highest BCUT2D eigenvalue weighted by molar-refractivity contribution is 6.28. The quantitative estimate of drug-likeness (QED) is 0.240. The predicted octanol–water partition coefficient (Wildman–Crippen LogP) is 2.45. The van der Waals surface area contributed by atoms with Crippen LogP contribution in [-0.4, -0.2) is 76.4 Å². The van der Waals surface area contributed by atoms with E-state index in [1.165, 1.54) is 12.1 Å². The number of phenolic OH excluding ortho intramolecular Hbond substituents is 1. The number of hydrogen-bond donors (Lipinski definition) is 5. The Balaban J connectivity index is 1.48. The molecular weight excluding hydrogens is 585 g/mol. The largest absolute Gasteiger partial charge is 0.510 e. The first-order valence-electron chi connectivity index (χ1n) is 14.8. The second-order valence-electron chi connectivity index (χ2n) is 12.3. The van der Waals surface area contributed by atoms with Gasteiger partial charge in [0.25, 0.3) is 5.91 Å².